The fourth-order valence-electron chi connectivity index (χ4n) is 2.76. The Bertz CT molecular complexity index is 413. The van der Waals surface area contributed by atoms with Crippen molar-refractivity contribution in [2.45, 2.75) is 26.3 Å². The summed E-state index contributed by atoms with van der Waals surface area (Å²) in [5, 5.41) is 6.24. The quantitative estimate of drug-likeness (QED) is 0.802. The Balaban J connectivity index is 1.55. The molecule has 1 aromatic carbocycles. The molecule has 0 unspecified atom stereocenters. The van der Waals surface area contributed by atoms with Gasteiger partial charge in [0, 0.05) is 6.54 Å². The van der Waals surface area contributed by atoms with Crippen molar-refractivity contribution in [3.63, 3.8) is 0 Å². The summed E-state index contributed by atoms with van der Waals surface area (Å²) in [7, 11) is 0. The molecule has 1 heterocycles. The van der Waals surface area contributed by atoms with Gasteiger partial charge < -0.3 is 15.5 Å². The number of nitrogens with zero attached hydrogens (tertiary/aromatic N) is 1. The van der Waals surface area contributed by atoms with Gasteiger partial charge in [-0.25, -0.2) is 0 Å². The minimum Gasteiger partial charge on any atom is -0.351 e. The van der Waals surface area contributed by atoms with E-state index >= 15 is 0 Å². The maximum atomic E-state index is 11.8. The molecule has 1 aromatic rings. The molecule has 0 bridgehead atoms. The number of hydrogen-bond acceptors (Lipinski definition) is 3. The zero-order valence-corrected chi connectivity index (χ0v) is 13.0. The molecule has 1 saturated heterocycles. The molecule has 1 aliphatic rings. The van der Waals surface area contributed by atoms with E-state index in [1.807, 2.05) is 30.3 Å². The zero-order chi connectivity index (χ0) is 14.9. The molecule has 4 heteroatoms. The van der Waals surface area contributed by atoms with E-state index in [1.165, 1.54) is 25.9 Å². The van der Waals surface area contributed by atoms with Crippen molar-refractivity contribution in [2.24, 2.45) is 5.92 Å². The predicted molar refractivity (Wildman–Crippen MR) is 86.0 cm³/mol. The highest BCUT2D eigenvalue weighted by Crippen LogP contribution is 2.15. The van der Waals surface area contributed by atoms with Gasteiger partial charge in [-0.1, -0.05) is 37.3 Å². The number of benzene rings is 1. The summed E-state index contributed by atoms with van der Waals surface area (Å²) in [6.45, 7) is 7.75. The van der Waals surface area contributed by atoms with Crippen LogP contribution >= 0.6 is 0 Å². The average Bonchev–Trinajstić information content (AvgIpc) is 2.54. The Morgan fingerprint density at radius 3 is 2.62 bits per heavy atom. The molecule has 0 atom stereocenters. The van der Waals surface area contributed by atoms with Crippen LogP contribution in [0.3, 0.4) is 0 Å². The van der Waals surface area contributed by atoms with Crippen molar-refractivity contribution in [3.8, 4) is 0 Å². The molecule has 1 aliphatic heterocycles. The lowest BCUT2D eigenvalue weighted by Gasteiger charge is -2.31. The van der Waals surface area contributed by atoms with Crippen LogP contribution in [0, 0.1) is 5.92 Å². The molecule has 2 N–H and O–H groups in total. The van der Waals surface area contributed by atoms with E-state index < -0.39 is 0 Å². The second-order valence-corrected chi connectivity index (χ2v) is 5.77. The lowest BCUT2D eigenvalue weighted by atomic mass is 9.97. The number of likely N-dealkylation sites (tertiary alicyclic amines) is 1. The van der Waals surface area contributed by atoms with Gasteiger partial charge >= 0.3 is 0 Å². The SMILES string of the molecule is CCN1CCC(CNCC(=O)NCc2ccccc2)CC1. The third-order valence-electron chi connectivity index (χ3n) is 4.21. The van der Waals surface area contributed by atoms with E-state index in [-0.39, 0.29) is 5.91 Å². The largest absolute Gasteiger partial charge is 0.351 e. The van der Waals surface area contributed by atoms with Gasteiger partial charge in [-0.2, -0.15) is 0 Å². The molecule has 4 nitrogen and oxygen atoms in total. The van der Waals surface area contributed by atoms with Gasteiger partial charge in [-0.15, -0.1) is 0 Å². The average molecular weight is 289 g/mol. The van der Waals surface area contributed by atoms with Crippen molar-refractivity contribution in [3.05, 3.63) is 35.9 Å². The highest BCUT2D eigenvalue weighted by Gasteiger charge is 2.17. The van der Waals surface area contributed by atoms with E-state index in [4.69, 9.17) is 0 Å². The molecule has 0 aliphatic carbocycles. The van der Waals surface area contributed by atoms with Crippen molar-refractivity contribution in [1.82, 2.24) is 15.5 Å². The third kappa shape index (κ3) is 5.86. The number of amides is 1. The fraction of sp³-hybridized carbons (Fsp3) is 0.588. The number of rotatable bonds is 7. The normalized spacial score (nSPS) is 16.8. The monoisotopic (exact) mass is 289 g/mol. The fourth-order valence-corrected chi connectivity index (χ4v) is 2.76. The maximum absolute atomic E-state index is 11.8. The van der Waals surface area contributed by atoms with Crippen LogP contribution in [0.5, 0.6) is 0 Å². The topological polar surface area (TPSA) is 44.4 Å². The van der Waals surface area contributed by atoms with Crippen molar-refractivity contribution in [1.29, 1.82) is 0 Å². The van der Waals surface area contributed by atoms with Crippen molar-refractivity contribution < 1.29 is 4.79 Å². The van der Waals surface area contributed by atoms with Crippen LogP contribution < -0.4 is 10.6 Å². The highest BCUT2D eigenvalue weighted by molar-refractivity contribution is 5.77. The first-order valence-electron chi connectivity index (χ1n) is 8.01. The summed E-state index contributed by atoms with van der Waals surface area (Å²) in [5.74, 6) is 0.791. The summed E-state index contributed by atoms with van der Waals surface area (Å²) < 4.78 is 0. The van der Waals surface area contributed by atoms with E-state index in [9.17, 15) is 4.79 Å². The molecule has 116 valence electrons. The minimum atomic E-state index is 0.0739. The summed E-state index contributed by atoms with van der Waals surface area (Å²) in [5.41, 5.74) is 1.14. The van der Waals surface area contributed by atoms with Gasteiger partial charge in [0.05, 0.1) is 6.54 Å². The predicted octanol–water partition coefficient (Wildman–Crippen LogP) is 1.62. The smallest absolute Gasteiger partial charge is 0.234 e. The molecule has 21 heavy (non-hydrogen) atoms. The second kappa shape index (κ2) is 8.80. The van der Waals surface area contributed by atoms with Gasteiger partial charge in [-0.3, -0.25) is 4.79 Å². The Hall–Kier alpha value is -1.39. The highest BCUT2D eigenvalue weighted by atomic mass is 16.1. The first-order valence-corrected chi connectivity index (χ1v) is 8.01. The molecular weight excluding hydrogens is 262 g/mol. The summed E-state index contributed by atoms with van der Waals surface area (Å²) >= 11 is 0. The molecule has 1 fully saturated rings. The Morgan fingerprint density at radius 2 is 1.95 bits per heavy atom. The van der Waals surface area contributed by atoms with E-state index in [0.29, 0.717) is 13.1 Å². The van der Waals surface area contributed by atoms with E-state index in [2.05, 4.69) is 22.5 Å². The van der Waals surface area contributed by atoms with Crippen LogP contribution in [-0.4, -0.2) is 43.5 Å². The molecule has 0 saturated carbocycles. The number of carbonyl (C=O) groups is 1. The zero-order valence-electron chi connectivity index (χ0n) is 13.0. The van der Waals surface area contributed by atoms with E-state index in [1.54, 1.807) is 0 Å². The number of nitrogens with one attached hydrogen (secondary N) is 2. The van der Waals surface area contributed by atoms with Crippen LogP contribution in [0.4, 0.5) is 0 Å². The van der Waals surface area contributed by atoms with Crippen LogP contribution in [0.15, 0.2) is 30.3 Å². The second-order valence-electron chi connectivity index (χ2n) is 5.77. The number of piperidine rings is 1. The van der Waals surface area contributed by atoms with Crippen LogP contribution in [-0.2, 0) is 11.3 Å². The first kappa shape index (κ1) is 16.0. The third-order valence-corrected chi connectivity index (χ3v) is 4.21. The standard InChI is InChI=1S/C17H27N3O/c1-2-20-10-8-16(9-11-20)12-18-14-17(21)19-13-15-6-4-3-5-7-15/h3-7,16,18H,2,8-14H2,1H3,(H,19,21). The van der Waals surface area contributed by atoms with Crippen molar-refractivity contribution in [2.75, 3.05) is 32.7 Å². The Morgan fingerprint density at radius 1 is 1.24 bits per heavy atom. The molecular formula is C17H27N3O. The van der Waals surface area contributed by atoms with Crippen LogP contribution in [0.25, 0.3) is 0 Å². The van der Waals surface area contributed by atoms with Gasteiger partial charge in [-0.05, 0) is 50.5 Å². The lowest BCUT2D eigenvalue weighted by molar-refractivity contribution is -0.120. The molecule has 1 amide bonds. The molecule has 0 radical (unpaired) electrons. The van der Waals surface area contributed by atoms with Crippen molar-refractivity contribution >= 4 is 5.91 Å². The Kier molecular flexibility index (Phi) is 6.70. The lowest BCUT2D eigenvalue weighted by Crippen LogP contribution is -2.40. The van der Waals surface area contributed by atoms with Gasteiger partial charge in [0.15, 0.2) is 0 Å². The van der Waals surface area contributed by atoms with E-state index in [0.717, 1.165) is 24.6 Å². The van der Waals surface area contributed by atoms with Gasteiger partial charge in [0.1, 0.15) is 0 Å². The van der Waals surface area contributed by atoms with Gasteiger partial charge in [0.25, 0.3) is 0 Å². The number of hydrogen-bond donors (Lipinski definition) is 2. The number of carbonyl (C=O) groups excluding carboxylic acids is 1. The summed E-state index contributed by atoms with van der Waals surface area (Å²) in [4.78, 5) is 14.3. The van der Waals surface area contributed by atoms with Crippen LogP contribution in [0.1, 0.15) is 25.3 Å². The summed E-state index contributed by atoms with van der Waals surface area (Å²) in [6, 6.07) is 10.0. The minimum absolute atomic E-state index is 0.0739. The molecule has 0 aromatic heterocycles. The Labute approximate surface area is 127 Å². The summed E-state index contributed by atoms with van der Waals surface area (Å²) in [6.07, 6.45) is 2.49. The van der Waals surface area contributed by atoms with Gasteiger partial charge in [0.2, 0.25) is 5.91 Å². The first-order chi connectivity index (χ1) is 10.3. The molecule has 2 rings (SSSR count). The molecule has 0 spiro atoms. The van der Waals surface area contributed by atoms with Crippen LogP contribution in [0.2, 0.25) is 0 Å². The maximum Gasteiger partial charge on any atom is 0.234 e.